The van der Waals surface area contributed by atoms with Crippen molar-refractivity contribution in [3.63, 3.8) is 0 Å². The number of halogens is 5. The number of aliphatic carboxylic acids is 1. The first-order chi connectivity index (χ1) is 9.88. The number of carbonyl (C=O) groups is 1. The molecule has 0 aliphatic heterocycles. The van der Waals surface area contributed by atoms with E-state index in [2.05, 4.69) is 0 Å². The molecule has 0 heterocycles. The average Bonchev–Trinajstić information content (AvgIpc) is 2.41. The van der Waals surface area contributed by atoms with Gasteiger partial charge in [-0.2, -0.15) is 0 Å². The molecular formula is C11H10F5NO4S. The van der Waals surface area contributed by atoms with Crippen LogP contribution in [-0.4, -0.2) is 24.2 Å². The van der Waals surface area contributed by atoms with Gasteiger partial charge in [0, 0.05) is 0 Å². The number of benzene rings is 1. The summed E-state index contributed by atoms with van der Waals surface area (Å²) in [5, 5.41) is 8.78. The molecule has 0 spiro atoms. The van der Waals surface area contributed by atoms with Gasteiger partial charge in [-0.05, 0) is 13.8 Å². The minimum atomic E-state index is -4.97. The van der Waals surface area contributed by atoms with E-state index < -0.39 is 61.9 Å². The number of sulfonamides is 1. The van der Waals surface area contributed by atoms with Gasteiger partial charge in [0.2, 0.25) is 10.0 Å². The molecule has 0 aromatic heterocycles. The number of nitrogens with one attached hydrogen (secondary N) is 1. The molecule has 0 aliphatic carbocycles. The van der Waals surface area contributed by atoms with Crippen LogP contribution in [0.1, 0.15) is 19.4 Å². The Labute approximate surface area is 121 Å². The zero-order chi connectivity index (χ0) is 17.5. The number of alkyl halides is 1. The van der Waals surface area contributed by atoms with Crippen molar-refractivity contribution in [3.8, 4) is 0 Å². The van der Waals surface area contributed by atoms with Gasteiger partial charge in [-0.25, -0.2) is 30.4 Å². The van der Waals surface area contributed by atoms with Crippen molar-refractivity contribution in [1.82, 2.24) is 0 Å². The van der Waals surface area contributed by atoms with Crippen LogP contribution < -0.4 is 4.72 Å². The third kappa shape index (κ3) is 2.72. The summed E-state index contributed by atoms with van der Waals surface area (Å²) < 4.78 is 88.4. The number of hydrogen-bond donors (Lipinski definition) is 2. The molecule has 0 atom stereocenters. The second kappa shape index (κ2) is 5.71. The fourth-order valence-electron chi connectivity index (χ4n) is 1.26. The molecule has 0 aliphatic rings. The molecule has 5 nitrogen and oxygen atoms in total. The number of rotatable bonds is 5. The average molecular weight is 347 g/mol. The Balaban J connectivity index is 3.52. The Morgan fingerprint density at radius 2 is 1.50 bits per heavy atom. The van der Waals surface area contributed by atoms with Crippen molar-refractivity contribution in [1.29, 1.82) is 0 Å². The maximum Gasteiger partial charge on any atom is 0.326 e. The fraction of sp³-hybridized carbons (Fsp3) is 0.364. The van der Waals surface area contributed by atoms with Crippen LogP contribution in [0.5, 0.6) is 0 Å². The number of hydrogen-bond acceptors (Lipinski definition) is 3. The largest absolute Gasteiger partial charge is 0.480 e. The van der Waals surface area contributed by atoms with Crippen molar-refractivity contribution < 1.29 is 40.3 Å². The van der Waals surface area contributed by atoms with Gasteiger partial charge in [-0.15, -0.1) is 0 Å². The van der Waals surface area contributed by atoms with Gasteiger partial charge in [0.25, 0.3) is 0 Å². The van der Waals surface area contributed by atoms with E-state index in [1.54, 1.807) is 0 Å². The van der Waals surface area contributed by atoms with Crippen LogP contribution in [0.15, 0.2) is 0 Å². The number of anilines is 1. The monoisotopic (exact) mass is 347 g/mol. The highest BCUT2D eigenvalue weighted by atomic mass is 32.2. The molecule has 0 unspecified atom stereocenters. The molecule has 1 rings (SSSR count). The maximum absolute atomic E-state index is 13.6. The lowest BCUT2D eigenvalue weighted by Gasteiger charge is -2.21. The molecule has 0 bridgehead atoms. The Morgan fingerprint density at radius 3 is 1.82 bits per heavy atom. The standard InChI is InChI=1S/C11H10F5NO4S/c1-11(2,10(18)19)22(20,21)17-9-7(15)5(13)4(3-12)6(14)8(9)16/h17H,3H2,1-2H3,(H,18,19). The van der Waals surface area contributed by atoms with Crippen LogP contribution in [0, 0.1) is 23.3 Å². The Morgan fingerprint density at radius 1 is 1.09 bits per heavy atom. The van der Waals surface area contributed by atoms with Crippen molar-refractivity contribution in [2.24, 2.45) is 0 Å². The summed E-state index contributed by atoms with van der Waals surface area (Å²) in [5.41, 5.74) is -3.31. The highest BCUT2D eigenvalue weighted by Gasteiger charge is 2.43. The van der Waals surface area contributed by atoms with E-state index in [1.807, 2.05) is 0 Å². The summed E-state index contributed by atoms with van der Waals surface area (Å²) in [7, 11) is -4.97. The summed E-state index contributed by atoms with van der Waals surface area (Å²) in [4.78, 5) is 10.9. The highest BCUT2D eigenvalue weighted by molar-refractivity contribution is 7.94. The highest BCUT2D eigenvalue weighted by Crippen LogP contribution is 2.31. The van der Waals surface area contributed by atoms with Crippen LogP contribution >= 0.6 is 0 Å². The summed E-state index contributed by atoms with van der Waals surface area (Å²) in [6.07, 6.45) is 0. The molecule has 124 valence electrons. The fourth-order valence-corrected chi connectivity index (χ4v) is 2.19. The normalized spacial score (nSPS) is 12.3. The molecule has 11 heteroatoms. The molecule has 2 N–H and O–H groups in total. The van der Waals surface area contributed by atoms with Gasteiger partial charge >= 0.3 is 5.97 Å². The first-order valence-corrected chi connectivity index (χ1v) is 7.03. The summed E-state index contributed by atoms with van der Waals surface area (Å²) in [6, 6.07) is 0. The number of carboxylic acid groups (broad SMARTS) is 1. The lowest BCUT2D eigenvalue weighted by atomic mass is 10.1. The Hall–Kier alpha value is -1.91. The minimum absolute atomic E-state index is 0.691. The minimum Gasteiger partial charge on any atom is -0.480 e. The van der Waals surface area contributed by atoms with Crippen molar-refractivity contribution in [3.05, 3.63) is 28.8 Å². The summed E-state index contributed by atoms with van der Waals surface area (Å²) >= 11 is 0. The van der Waals surface area contributed by atoms with Gasteiger partial charge in [-0.1, -0.05) is 0 Å². The predicted octanol–water partition coefficient (Wildman–Crippen LogP) is 2.32. The van der Waals surface area contributed by atoms with E-state index in [9.17, 15) is 35.2 Å². The van der Waals surface area contributed by atoms with E-state index in [0.29, 0.717) is 13.8 Å². The molecule has 1 aromatic carbocycles. The second-order valence-electron chi connectivity index (χ2n) is 4.66. The third-order valence-corrected chi connectivity index (χ3v) is 4.90. The van der Waals surface area contributed by atoms with E-state index in [-0.39, 0.29) is 0 Å². The first-order valence-electron chi connectivity index (χ1n) is 5.55. The van der Waals surface area contributed by atoms with Gasteiger partial charge < -0.3 is 5.11 Å². The van der Waals surface area contributed by atoms with Crippen LogP contribution in [0.3, 0.4) is 0 Å². The van der Waals surface area contributed by atoms with Gasteiger partial charge in [0.05, 0.1) is 5.56 Å². The van der Waals surface area contributed by atoms with E-state index in [0.717, 1.165) is 4.72 Å². The lowest BCUT2D eigenvalue weighted by Crippen LogP contribution is -2.44. The van der Waals surface area contributed by atoms with Crippen molar-refractivity contribution >= 4 is 21.7 Å². The number of carboxylic acids is 1. The second-order valence-corrected chi connectivity index (χ2v) is 6.90. The molecule has 22 heavy (non-hydrogen) atoms. The van der Waals surface area contributed by atoms with E-state index in [1.165, 1.54) is 0 Å². The topological polar surface area (TPSA) is 83.5 Å². The SMILES string of the molecule is CC(C)(C(=O)O)S(=O)(=O)Nc1c(F)c(F)c(CF)c(F)c1F. The van der Waals surface area contributed by atoms with Gasteiger partial charge in [0.15, 0.2) is 28.0 Å². The van der Waals surface area contributed by atoms with E-state index >= 15 is 0 Å². The van der Waals surface area contributed by atoms with Gasteiger partial charge in [0.1, 0.15) is 12.4 Å². The summed E-state index contributed by atoms with van der Waals surface area (Å²) in [6.45, 7) is -0.481. The third-order valence-electron chi connectivity index (χ3n) is 2.91. The Kier molecular flexibility index (Phi) is 4.70. The molecule has 0 amide bonds. The molecular weight excluding hydrogens is 337 g/mol. The first kappa shape index (κ1) is 18.1. The lowest BCUT2D eigenvalue weighted by molar-refractivity contribution is -0.139. The smallest absolute Gasteiger partial charge is 0.326 e. The zero-order valence-electron chi connectivity index (χ0n) is 11.2. The molecule has 0 saturated heterocycles. The van der Waals surface area contributed by atoms with E-state index in [4.69, 9.17) is 5.11 Å². The van der Waals surface area contributed by atoms with Crippen LogP contribution in [-0.2, 0) is 21.5 Å². The van der Waals surface area contributed by atoms with Crippen molar-refractivity contribution in [2.45, 2.75) is 25.3 Å². The van der Waals surface area contributed by atoms with Crippen LogP contribution in [0.25, 0.3) is 0 Å². The molecule has 0 radical (unpaired) electrons. The molecule has 0 fully saturated rings. The summed E-state index contributed by atoms with van der Waals surface area (Å²) in [5.74, 6) is -10.5. The zero-order valence-corrected chi connectivity index (χ0v) is 12.0. The maximum atomic E-state index is 13.6. The van der Waals surface area contributed by atoms with Crippen LogP contribution in [0.4, 0.5) is 27.6 Å². The molecule has 1 aromatic rings. The molecule has 0 saturated carbocycles. The van der Waals surface area contributed by atoms with Gasteiger partial charge in [-0.3, -0.25) is 9.52 Å². The van der Waals surface area contributed by atoms with Crippen molar-refractivity contribution in [2.75, 3.05) is 4.72 Å². The quantitative estimate of drug-likeness (QED) is 0.632. The van der Waals surface area contributed by atoms with Crippen LogP contribution in [0.2, 0.25) is 0 Å². The predicted molar refractivity (Wildman–Crippen MR) is 65.3 cm³/mol. The Bertz CT molecular complexity index is 703.